The van der Waals surface area contributed by atoms with E-state index >= 15 is 4.39 Å². The van der Waals surface area contributed by atoms with E-state index in [2.05, 4.69) is 13.8 Å². The average molecular weight is 473 g/mol. The van der Waals surface area contributed by atoms with Crippen LogP contribution < -0.4 is 4.74 Å². The molecule has 3 aromatic carbocycles. The predicted octanol–water partition coefficient (Wildman–Crippen LogP) is 9.08. The molecule has 3 aromatic rings. The van der Waals surface area contributed by atoms with Crippen molar-refractivity contribution >= 4 is 0 Å². The van der Waals surface area contributed by atoms with Crippen molar-refractivity contribution in [3.8, 4) is 16.9 Å². The van der Waals surface area contributed by atoms with E-state index in [4.69, 9.17) is 4.74 Å². The quantitative estimate of drug-likeness (QED) is 0.211. The van der Waals surface area contributed by atoms with Crippen LogP contribution in [0.15, 0.2) is 54.6 Å². The Labute approximate surface area is 199 Å². The maximum absolute atomic E-state index is 15.3. The smallest absolute Gasteiger partial charge is 0.422 e. The van der Waals surface area contributed by atoms with Crippen molar-refractivity contribution in [3.05, 3.63) is 88.2 Å². The number of ether oxygens (including phenoxy) is 1. The van der Waals surface area contributed by atoms with Gasteiger partial charge >= 0.3 is 6.18 Å². The third kappa shape index (κ3) is 6.40. The molecule has 0 atom stereocenters. The summed E-state index contributed by atoms with van der Waals surface area (Å²) in [6, 6.07) is 16.1. The molecule has 0 aliphatic carbocycles. The number of hydrogen-bond donors (Lipinski definition) is 0. The molecule has 0 saturated heterocycles. The first-order valence-electron chi connectivity index (χ1n) is 11.9. The third-order valence-electron chi connectivity index (χ3n) is 5.96. The molecule has 0 aromatic heterocycles. The number of benzene rings is 3. The monoisotopic (exact) mass is 472 g/mol. The lowest BCUT2D eigenvalue weighted by Crippen LogP contribution is -2.14. The van der Waals surface area contributed by atoms with Gasteiger partial charge in [-0.05, 0) is 60.1 Å². The standard InChI is InChI=1S/C29H32F4O/c1-4-6-7-9-22-14-16-24(17-15-22)25-18-20(3)28(26(27(25)30)29(31,32)33)34-19-23-12-10-21(8-5-2)11-13-23/h10-18H,4-9,19H2,1-3H3. The van der Waals surface area contributed by atoms with Crippen molar-refractivity contribution in [3.63, 3.8) is 0 Å². The molecule has 1 nitrogen and oxygen atoms in total. The van der Waals surface area contributed by atoms with Gasteiger partial charge in [-0.15, -0.1) is 0 Å². The van der Waals surface area contributed by atoms with Gasteiger partial charge in [-0.25, -0.2) is 4.39 Å². The van der Waals surface area contributed by atoms with Crippen LogP contribution in [-0.4, -0.2) is 0 Å². The highest BCUT2D eigenvalue weighted by Gasteiger charge is 2.40. The first-order chi connectivity index (χ1) is 16.2. The fourth-order valence-corrected chi connectivity index (χ4v) is 4.10. The van der Waals surface area contributed by atoms with Gasteiger partial charge in [-0.2, -0.15) is 13.2 Å². The molecule has 0 heterocycles. The van der Waals surface area contributed by atoms with Crippen LogP contribution in [0, 0.1) is 12.7 Å². The molecule has 0 aliphatic heterocycles. The van der Waals surface area contributed by atoms with Crippen LogP contribution in [0.2, 0.25) is 0 Å². The van der Waals surface area contributed by atoms with E-state index in [-0.39, 0.29) is 17.7 Å². The molecule has 0 amide bonds. The van der Waals surface area contributed by atoms with E-state index in [0.29, 0.717) is 5.56 Å². The summed E-state index contributed by atoms with van der Waals surface area (Å²) in [6.45, 7) is 5.67. The van der Waals surface area contributed by atoms with Gasteiger partial charge in [0.15, 0.2) is 0 Å². The van der Waals surface area contributed by atoms with Crippen molar-refractivity contribution < 1.29 is 22.3 Å². The van der Waals surface area contributed by atoms with Gasteiger partial charge < -0.3 is 4.74 Å². The Hall–Kier alpha value is -2.82. The van der Waals surface area contributed by atoms with Crippen LogP contribution in [0.5, 0.6) is 5.75 Å². The number of alkyl halides is 3. The number of rotatable bonds is 10. The zero-order valence-corrected chi connectivity index (χ0v) is 20.1. The summed E-state index contributed by atoms with van der Waals surface area (Å²) in [5.41, 5.74) is 2.23. The first-order valence-corrected chi connectivity index (χ1v) is 11.9. The van der Waals surface area contributed by atoms with Crippen molar-refractivity contribution in [1.82, 2.24) is 0 Å². The minimum Gasteiger partial charge on any atom is -0.488 e. The lowest BCUT2D eigenvalue weighted by atomic mass is 9.96. The molecule has 182 valence electrons. The van der Waals surface area contributed by atoms with Crippen LogP contribution in [-0.2, 0) is 25.6 Å². The molecule has 34 heavy (non-hydrogen) atoms. The largest absolute Gasteiger partial charge is 0.488 e. The molecule has 0 spiro atoms. The lowest BCUT2D eigenvalue weighted by Gasteiger charge is -2.20. The molecular weight excluding hydrogens is 440 g/mol. The van der Waals surface area contributed by atoms with Gasteiger partial charge in [0.05, 0.1) is 0 Å². The third-order valence-corrected chi connectivity index (χ3v) is 5.96. The molecule has 0 bridgehead atoms. The van der Waals surface area contributed by atoms with Gasteiger partial charge in [-0.1, -0.05) is 81.6 Å². The summed E-state index contributed by atoms with van der Waals surface area (Å²) in [5.74, 6) is -1.76. The Morgan fingerprint density at radius 2 is 1.35 bits per heavy atom. The molecule has 5 heteroatoms. The summed E-state index contributed by atoms with van der Waals surface area (Å²) in [6.07, 6.45) is 1.24. The Bertz CT molecular complexity index is 1070. The molecule has 0 unspecified atom stereocenters. The lowest BCUT2D eigenvalue weighted by molar-refractivity contribution is -0.141. The Morgan fingerprint density at radius 1 is 0.765 bits per heavy atom. The minimum absolute atomic E-state index is 0.0679. The van der Waals surface area contributed by atoms with E-state index in [1.54, 1.807) is 12.1 Å². The maximum atomic E-state index is 15.3. The van der Waals surface area contributed by atoms with E-state index in [1.807, 2.05) is 36.4 Å². The summed E-state index contributed by atoms with van der Waals surface area (Å²) in [7, 11) is 0. The van der Waals surface area contributed by atoms with Gasteiger partial charge in [0, 0.05) is 5.56 Å². The van der Waals surface area contributed by atoms with Crippen LogP contribution in [0.1, 0.15) is 67.3 Å². The minimum atomic E-state index is -4.88. The van der Waals surface area contributed by atoms with Crippen molar-refractivity contribution in [1.29, 1.82) is 0 Å². The second-order valence-electron chi connectivity index (χ2n) is 8.77. The highest BCUT2D eigenvalue weighted by atomic mass is 19.4. The van der Waals surface area contributed by atoms with Gasteiger partial charge in [0.25, 0.3) is 0 Å². The second-order valence-corrected chi connectivity index (χ2v) is 8.77. The topological polar surface area (TPSA) is 9.23 Å². The van der Waals surface area contributed by atoms with Gasteiger partial charge in [0.2, 0.25) is 0 Å². The number of aryl methyl sites for hydroxylation is 3. The molecule has 0 radical (unpaired) electrons. The maximum Gasteiger partial charge on any atom is 0.422 e. The number of unbranched alkanes of at least 4 members (excludes halogenated alkanes) is 2. The summed E-state index contributed by atoms with van der Waals surface area (Å²) < 4.78 is 62.8. The number of halogens is 4. The Balaban J connectivity index is 1.89. The zero-order chi connectivity index (χ0) is 24.7. The highest BCUT2D eigenvalue weighted by molar-refractivity contribution is 5.69. The van der Waals surface area contributed by atoms with Crippen LogP contribution in [0.3, 0.4) is 0 Å². The number of hydrogen-bond acceptors (Lipinski definition) is 1. The molecule has 0 N–H and O–H groups in total. The van der Waals surface area contributed by atoms with E-state index < -0.39 is 23.3 Å². The fourth-order valence-electron chi connectivity index (χ4n) is 4.10. The van der Waals surface area contributed by atoms with Crippen LogP contribution in [0.4, 0.5) is 17.6 Å². The highest BCUT2D eigenvalue weighted by Crippen LogP contribution is 2.44. The fraction of sp³-hybridized carbons (Fsp3) is 0.379. The summed E-state index contributed by atoms with van der Waals surface area (Å²) in [4.78, 5) is 0. The normalized spacial score (nSPS) is 11.6. The van der Waals surface area contributed by atoms with Crippen molar-refractivity contribution in [2.45, 2.75) is 72.1 Å². The molecule has 0 aliphatic rings. The van der Waals surface area contributed by atoms with Crippen molar-refractivity contribution in [2.75, 3.05) is 0 Å². The van der Waals surface area contributed by atoms with Crippen molar-refractivity contribution in [2.24, 2.45) is 0 Å². The van der Waals surface area contributed by atoms with Gasteiger partial charge in [0.1, 0.15) is 23.7 Å². The predicted molar refractivity (Wildman–Crippen MR) is 130 cm³/mol. The van der Waals surface area contributed by atoms with Gasteiger partial charge in [-0.3, -0.25) is 0 Å². The van der Waals surface area contributed by atoms with E-state index in [0.717, 1.165) is 55.2 Å². The Morgan fingerprint density at radius 3 is 1.94 bits per heavy atom. The van der Waals surface area contributed by atoms with Crippen LogP contribution in [0.25, 0.3) is 11.1 Å². The summed E-state index contributed by atoms with van der Waals surface area (Å²) in [5, 5.41) is 0. The van der Waals surface area contributed by atoms with Crippen LogP contribution >= 0.6 is 0 Å². The second kappa shape index (κ2) is 11.5. The Kier molecular flexibility index (Phi) is 8.76. The molecule has 0 fully saturated rings. The van der Waals surface area contributed by atoms with E-state index in [9.17, 15) is 13.2 Å². The molecular formula is C29H32F4O. The SMILES string of the molecule is CCCCCc1ccc(-c2cc(C)c(OCc3ccc(CCC)cc3)c(C(F)(F)F)c2F)cc1. The zero-order valence-electron chi connectivity index (χ0n) is 20.1. The van der Waals surface area contributed by atoms with E-state index in [1.165, 1.54) is 13.0 Å². The first kappa shape index (κ1) is 25.8. The molecule has 0 saturated carbocycles. The average Bonchev–Trinajstić information content (AvgIpc) is 2.80. The summed E-state index contributed by atoms with van der Waals surface area (Å²) >= 11 is 0. The molecule has 3 rings (SSSR count).